The fourth-order valence-electron chi connectivity index (χ4n) is 5.14. The molecule has 3 aromatic rings. The van der Waals surface area contributed by atoms with Gasteiger partial charge in [0.05, 0.1) is 12.0 Å². The lowest BCUT2D eigenvalue weighted by Crippen LogP contribution is -2.42. The third-order valence-electron chi connectivity index (χ3n) is 7.05. The predicted octanol–water partition coefficient (Wildman–Crippen LogP) is 6.06. The molecule has 1 N–H and O–H groups in total. The molecule has 8 nitrogen and oxygen atoms in total. The maximum absolute atomic E-state index is 13.7. The summed E-state index contributed by atoms with van der Waals surface area (Å²) < 4.78 is 21.3. The molecule has 0 unspecified atom stereocenters. The first-order chi connectivity index (χ1) is 18.2. The molecule has 0 radical (unpaired) electrons. The predicted molar refractivity (Wildman–Crippen MR) is 145 cm³/mol. The average Bonchev–Trinajstić information content (AvgIpc) is 3.64. The van der Waals surface area contributed by atoms with Gasteiger partial charge in [0, 0.05) is 36.1 Å². The van der Waals surface area contributed by atoms with Crippen molar-refractivity contribution in [2.45, 2.75) is 77.0 Å². The van der Waals surface area contributed by atoms with Crippen LogP contribution in [0, 0.1) is 5.82 Å². The molecule has 0 spiro atoms. The fourth-order valence-corrected chi connectivity index (χ4v) is 5.99. The van der Waals surface area contributed by atoms with E-state index in [1.54, 1.807) is 28.7 Å². The van der Waals surface area contributed by atoms with Gasteiger partial charge in [-0.15, -0.1) is 11.3 Å². The number of imidazole rings is 1. The van der Waals surface area contributed by atoms with Crippen LogP contribution in [0.15, 0.2) is 36.0 Å². The van der Waals surface area contributed by atoms with Gasteiger partial charge < -0.3 is 19.5 Å². The van der Waals surface area contributed by atoms with Crippen molar-refractivity contribution in [1.29, 1.82) is 0 Å². The summed E-state index contributed by atoms with van der Waals surface area (Å²) >= 11 is 1.40. The number of carbonyl (C=O) groups is 2. The van der Waals surface area contributed by atoms with E-state index in [2.05, 4.69) is 9.88 Å². The van der Waals surface area contributed by atoms with Crippen molar-refractivity contribution in [3.8, 4) is 22.0 Å². The number of ether oxygens (including phenoxy) is 1. The summed E-state index contributed by atoms with van der Waals surface area (Å²) in [7, 11) is 0. The van der Waals surface area contributed by atoms with Crippen LogP contribution < -0.4 is 5.32 Å². The average molecular weight is 540 g/mol. The molecular weight excluding hydrogens is 505 g/mol. The van der Waals surface area contributed by atoms with Gasteiger partial charge in [-0.1, -0.05) is 12.8 Å². The third kappa shape index (κ3) is 5.90. The second-order valence-corrected chi connectivity index (χ2v) is 11.9. The Hall–Kier alpha value is -3.27. The van der Waals surface area contributed by atoms with Crippen molar-refractivity contribution < 1.29 is 18.7 Å². The summed E-state index contributed by atoms with van der Waals surface area (Å²) in [5.41, 5.74) is 2.13. The van der Waals surface area contributed by atoms with Gasteiger partial charge in [0.25, 0.3) is 5.91 Å². The summed E-state index contributed by atoms with van der Waals surface area (Å²) in [6.45, 7) is 6.72. The second kappa shape index (κ2) is 10.8. The number of aromatic nitrogens is 3. The number of carbonyl (C=O) groups excluding carboxylic acids is 2. The van der Waals surface area contributed by atoms with E-state index in [1.807, 2.05) is 20.8 Å². The molecule has 1 aliphatic carbocycles. The highest BCUT2D eigenvalue weighted by Crippen LogP contribution is 2.37. The van der Waals surface area contributed by atoms with Crippen LogP contribution in [0.5, 0.6) is 0 Å². The van der Waals surface area contributed by atoms with E-state index in [9.17, 15) is 14.0 Å². The van der Waals surface area contributed by atoms with Crippen LogP contribution in [-0.4, -0.2) is 56.2 Å². The third-order valence-corrected chi connectivity index (χ3v) is 7.90. The molecule has 3 heterocycles. The molecule has 2 amide bonds. The van der Waals surface area contributed by atoms with Gasteiger partial charge in [-0.25, -0.2) is 19.2 Å². The highest BCUT2D eigenvalue weighted by atomic mass is 32.1. The van der Waals surface area contributed by atoms with Crippen LogP contribution >= 0.6 is 11.3 Å². The lowest BCUT2D eigenvalue weighted by Gasteiger charge is -2.34. The van der Waals surface area contributed by atoms with Gasteiger partial charge in [0.1, 0.15) is 27.8 Å². The van der Waals surface area contributed by atoms with Crippen LogP contribution in [0.3, 0.4) is 0 Å². The van der Waals surface area contributed by atoms with Crippen molar-refractivity contribution in [3.05, 3.63) is 47.5 Å². The number of piperidine rings is 1. The number of rotatable bonds is 5. The summed E-state index contributed by atoms with van der Waals surface area (Å²) in [5, 5.41) is 5.58. The van der Waals surface area contributed by atoms with Crippen LogP contribution in [-0.2, 0) is 4.74 Å². The van der Waals surface area contributed by atoms with Crippen LogP contribution in [0.1, 0.15) is 75.8 Å². The van der Waals surface area contributed by atoms with E-state index in [4.69, 9.17) is 14.7 Å². The molecule has 1 aromatic carbocycles. The summed E-state index contributed by atoms with van der Waals surface area (Å²) in [6, 6.07) is 6.54. The standard InChI is InChI=1S/C28H34FN5O3S/c1-28(2,3)37-27(36)33-14-12-21(13-15-33)34-17-30-23(18-8-10-19(29)11-9-18)24(34)26-32-22(16-38-26)25(35)31-20-6-4-5-7-20/h8-11,16-17,20-21H,4-7,12-15H2,1-3H3,(H,31,35). The number of halogens is 1. The van der Waals surface area contributed by atoms with Crippen LogP contribution in [0.4, 0.5) is 9.18 Å². The zero-order valence-corrected chi connectivity index (χ0v) is 22.9. The molecule has 38 heavy (non-hydrogen) atoms. The first-order valence-corrected chi connectivity index (χ1v) is 14.1. The summed E-state index contributed by atoms with van der Waals surface area (Å²) in [4.78, 5) is 36.6. The smallest absolute Gasteiger partial charge is 0.410 e. The number of benzene rings is 1. The molecule has 2 aromatic heterocycles. The first-order valence-electron chi connectivity index (χ1n) is 13.3. The molecule has 1 aliphatic heterocycles. The monoisotopic (exact) mass is 539 g/mol. The van der Waals surface area contributed by atoms with Crippen molar-refractivity contribution in [2.24, 2.45) is 0 Å². The number of thiazole rings is 1. The van der Waals surface area contributed by atoms with Crippen molar-refractivity contribution in [1.82, 2.24) is 24.8 Å². The topological polar surface area (TPSA) is 89.3 Å². The minimum absolute atomic E-state index is 0.0880. The number of likely N-dealkylation sites (tertiary alicyclic amines) is 1. The highest BCUT2D eigenvalue weighted by Gasteiger charge is 2.30. The highest BCUT2D eigenvalue weighted by molar-refractivity contribution is 7.13. The summed E-state index contributed by atoms with van der Waals surface area (Å²) in [6.07, 6.45) is 7.24. The number of amides is 2. The Morgan fingerprint density at radius 1 is 1.08 bits per heavy atom. The van der Waals surface area contributed by atoms with Crippen molar-refractivity contribution in [2.75, 3.05) is 13.1 Å². The molecule has 2 fully saturated rings. The summed E-state index contributed by atoms with van der Waals surface area (Å²) in [5.74, 6) is -0.469. The Balaban J connectivity index is 1.41. The maximum Gasteiger partial charge on any atom is 0.410 e. The molecule has 5 rings (SSSR count). The second-order valence-electron chi connectivity index (χ2n) is 11.0. The van der Waals surface area contributed by atoms with Crippen molar-refractivity contribution in [3.63, 3.8) is 0 Å². The molecule has 202 valence electrons. The molecular formula is C28H34FN5O3S. The first kappa shape index (κ1) is 26.3. The molecule has 0 atom stereocenters. The number of hydrogen-bond acceptors (Lipinski definition) is 6. The molecule has 10 heteroatoms. The quantitative estimate of drug-likeness (QED) is 0.426. The number of hydrogen-bond donors (Lipinski definition) is 1. The zero-order valence-electron chi connectivity index (χ0n) is 22.1. The van der Waals surface area contributed by atoms with Gasteiger partial charge in [-0.05, 0) is 70.7 Å². The van der Waals surface area contributed by atoms with Gasteiger partial charge in [-0.3, -0.25) is 4.79 Å². The van der Waals surface area contributed by atoms with E-state index in [1.165, 1.54) is 23.5 Å². The minimum atomic E-state index is -0.540. The van der Waals surface area contributed by atoms with Gasteiger partial charge in [0.2, 0.25) is 0 Å². The van der Waals surface area contributed by atoms with E-state index in [0.29, 0.717) is 29.5 Å². The van der Waals surface area contributed by atoms with Crippen molar-refractivity contribution >= 4 is 23.3 Å². The normalized spacial score (nSPS) is 17.1. The molecule has 1 saturated carbocycles. The van der Waals surface area contributed by atoms with Crippen LogP contribution in [0.2, 0.25) is 0 Å². The van der Waals surface area contributed by atoms with E-state index in [-0.39, 0.29) is 29.9 Å². The number of nitrogens with zero attached hydrogens (tertiary/aromatic N) is 4. The Morgan fingerprint density at radius 3 is 2.42 bits per heavy atom. The van der Waals surface area contributed by atoms with Gasteiger partial charge in [0.15, 0.2) is 0 Å². The lowest BCUT2D eigenvalue weighted by atomic mass is 10.0. The van der Waals surface area contributed by atoms with Crippen LogP contribution in [0.25, 0.3) is 22.0 Å². The Morgan fingerprint density at radius 2 is 1.76 bits per heavy atom. The van der Waals surface area contributed by atoms with E-state index < -0.39 is 5.60 Å². The molecule has 0 bridgehead atoms. The Labute approximate surface area is 226 Å². The Bertz CT molecular complexity index is 1280. The van der Waals surface area contributed by atoms with E-state index >= 15 is 0 Å². The minimum Gasteiger partial charge on any atom is -0.444 e. The van der Waals surface area contributed by atoms with Gasteiger partial charge >= 0.3 is 6.09 Å². The maximum atomic E-state index is 13.7. The fraction of sp³-hybridized carbons (Fsp3) is 0.500. The Kier molecular flexibility index (Phi) is 7.52. The van der Waals surface area contributed by atoms with E-state index in [0.717, 1.165) is 49.8 Å². The molecule has 2 aliphatic rings. The SMILES string of the molecule is CC(C)(C)OC(=O)N1CCC(n2cnc(-c3ccc(F)cc3)c2-c2nc(C(=O)NC3CCCC3)cs2)CC1. The lowest BCUT2D eigenvalue weighted by molar-refractivity contribution is 0.0189. The molecule has 1 saturated heterocycles. The number of nitrogens with one attached hydrogen (secondary N) is 1. The zero-order chi connectivity index (χ0) is 26.9. The van der Waals surface area contributed by atoms with Gasteiger partial charge in [-0.2, -0.15) is 0 Å². The largest absolute Gasteiger partial charge is 0.444 e.